The quantitative estimate of drug-likeness (QED) is 0.231. The van der Waals surface area contributed by atoms with Gasteiger partial charge in [-0.15, -0.1) is 0 Å². The molecule has 4 bridgehead atoms. The van der Waals surface area contributed by atoms with Crippen molar-refractivity contribution < 1.29 is 33.7 Å². The minimum Gasteiger partial charge on any atom is -0.506 e. The van der Waals surface area contributed by atoms with Crippen LogP contribution in [0.2, 0.25) is 0 Å². The molecule has 6 aliphatic rings. The van der Waals surface area contributed by atoms with Crippen LogP contribution >= 0.6 is 0 Å². The van der Waals surface area contributed by atoms with Gasteiger partial charge in [-0.25, -0.2) is 0 Å². The molecule has 1 saturated carbocycles. The van der Waals surface area contributed by atoms with Gasteiger partial charge in [-0.3, -0.25) is 14.4 Å². The Bertz CT molecular complexity index is 1750. The van der Waals surface area contributed by atoms with E-state index < -0.39 is 34.2 Å². The van der Waals surface area contributed by atoms with Crippen LogP contribution in [0.25, 0.3) is 6.08 Å². The maximum Gasteiger partial charge on any atom is 0.244 e. The van der Waals surface area contributed by atoms with Gasteiger partial charge in [0.05, 0.1) is 11.2 Å². The molecule has 5 unspecified atom stereocenters. The average molecular weight is 642 g/mol. The number of carbonyl (C=O) groups is 3. The summed E-state index contributed by atoms with van der Waals surface area (Å²) in [5.74, 6) is -1.58. The van der Waals surface area contributed by atoms with Gasteiger partial charge in [0.15, 0.2) is 22.8 Å². The lowest BCUT2D eigenvalue weighted by atomic mass is 9.60. The molecule has 1 aromatic rings. The van der Waals surface area contributed by atoms with E-state index in [-0.39, 0.29) is 41.0 Å². The highest BCUT2D eigenvalue weighted by Crippen LogP contribution is 2.67. The number of fused-ring (bicyclic) bond motifs is 3. The molecule has 8 nitrogen and oxygen atoms in total. The smallest absolute Gasteiger partial charge is 0.244 e. The van der Waals surface area contributed by atoms with Gasteiger partial charge in [-0.05, 0) is 99.6 Å². The first-order chi connectivity index (χ1) is 22.0. The fourth-order valence-electron chi connectivity index (χ4n) is 8.42. The third-order valence-corrected chi connectivity index (χ3v) is 10.8. The van der Waals surface area contributed by atoms with E-state index in [0.29, 0.717) is 53.7 Å². The Labute approximate surface area is 277 Å². The molecule has 3 aliphatic carbocycles. The molecule has 0 aromatic heterocycles. The standard InChI is InChI=1S/C39H47NO7/c1-21(2)10-9-17-37(8)18-16-25-30(41)29-31(42)27-20-24-12-14-28-36(6,7)47-38(34(24)43,19-15-23(5)35(40)44)39(27,28)46-33(29)26(32(25)45-37)13-11-22(3)4/h10-11,15-16,18,20,24,28,41H,9,12-14,17,19H2,1-8H3,(H2,40,44)/b23-15+. The average Bonchev–Trinajstić information content (AvgIpc) is 3.08. The summed E-state index contributed by atoms with van der Waals surface area (Å²) in [6.45, 7) is 15.6. The Balaban J connectivity index is 1.61. The number of rotatable bonds is 8. The van der Waals surface area contributed by atoms with Crippen molar-refractivity contribution in [3.63, 3.8) is 0 Å². The summed E-state index contributed by atoms with van der Waals surface area (Å²) in [4.78, 5) is 41.5. The monoisotopic (exact) mass is 641 g/mol. The number of phenolic OH excluding ortho intramolecular Hbond substituents is 1. The van der Waals surface area contributed by atoms with E-state index >= 15 is 0 Å². The first kappa shape index (κ1) is 33.0. The number of allylic oxidation sites excluding steroid dienone is 5. The number of Topliss-reactive ketones (excluding diaryl/α,β-unsaturated/α-hetero) is 2. The number of hydrogen-bond acceptors (Lipinski definition) is 7. The van der Waals surface area contributed by atoms with Crippen molar-refractivity contribution in [1.29, 1.82) is 0 Å². The van der Waals surface area contributed by atoms with Crippen LogP contribution < -0.4 is 15.2 Å². The van der Waals surface area contributed by atoms with Crippen molar-refractivity contribution in [3.05, 3.63) is 69.4 Å². The largest absolute Gasteiger partial charge is 0.506 e. The van der Waals surface area contributed by atoms with E-state index in [4.69, 9.17) is 19.9 Å². The van der Waals surface area contributed by atoms with Crippen LogP contribution in [0.1, 0.15) is 109 Å². The summed E-state index contributed by atoms with van der Waals surface area (Å²) in [7, 11) is 0. The van der Waals surface area contributed by atoms with Crippen LogP contribution in [0, 0.1) is 11.8 Å². The highest BCUT2D eigenvalue weighted by atomic mass is 16.6. The number of phenols is 1. The molecule has 3 N–H and O–H groups in total. The van der Waals surface area contributed by atoms with Gasteiger partial charge in [0.1, 0.15) is 28.4 Å². The Morgan fingerprint density at radius 1 is 1.00 bits per heavy atom. The van der Waals surface area contributed by atoms with E-state index in [2.05, 4.69) is 19.9 Å². The number of aromatic hydroxyl groups is 1. The van der Waals surface area contributed by atoms with Crippen LogP contribution in [0.15, 0.2) is 52.7 Å². The maximum absolute atomic E-state index is 14.9. The molecule has 47 heavy (non-hydrogen) atoms. The molecule has 5 atom stereocenters. The number of amides is 1. The minimum absolute atomic E-state index is 0.0128. The number of benzene rings is 1. The maximum atomic E-state index is 14.9. The molecule has 3 aliphatic heterocycles. The molecule has 1 saturated heterocycles. The first-order valence-electron chi connectivity index (χ1n) is 16.7. The van der Waals surface area contributed by atoms with Gasteiger partial charge in [-0.2, -0.15) is 0 Å². The number of carbonyl (C=O) groups excluding carboxylic acids is 3. The van der Waals surface area contributed by atoms with E-state index in [9.17, 15) is 19.5 Å². The van der Waals surface area contributed by atoms with Gasteiger partial charge in [0.25, 0.3) is 0 Å². The SMILES string of the molecule is CC(C)=CCCC1(C)C=Cc2c(O)c3c(c(CC=C(C)C)c2O1)OC12C(=CC4CCC1C(C)(C)OC2(C/C=C(\C)C(N)=O)C4=O)C3=O. The van der Waals surface area contributed by atoms with Crippen molar-refractivity contribution >= 4 is 23.5 Å². The topological polar surface area (TPSA) is 125 Å². The van der Waals surface area contributed by atoms with E-state index in [1.54, 1.807) is 19.1 Å². The summed E-state index contributed by atoms with van der Waals surface area (Å²) >= 11 is 0. The Kier molecular flexibility index (Phi) is 7.78. The van der Waals surface area contributed by atoms with Crippen molar-refractivity contribution in [2.45, 2.75) is 116 Å². The van der Waals surface area contributed by atoms with Crippen molar-refractivity contribution in [2.24, 2.45) is 17.6 Å². The number of ether oxygens (including phenoxy) is 3. The molecular weight excluding hydrogens is 594 g/mol. The second-order valence-electron chi connectivity index (χ2n) is 15.2. The van der Waals surface area contributed by atoms with E-state index in [1.165, 1.54) is 5.57 Å². The fourth-order valence-corrected chi connectivity index (χ4v) is 8.42. The summed E-state index contributed by atoms with van der Waals surface area (Å²) in [5, 5.41) is 11.9. The van der Waals surface area contributed by atoms with Gasteiger partial charge in [-0.1, -0.05) is 35.5 Å². The minimum atomic E-state index is -1.59. The normalized spacial score (nSPS) is 31.1. The lowest BCUT2D eigenvalue weighted by Gasteiger charge is -2.51. The van der Waals surface area contributed by atoms with Crippen molar-refractivity contribution in [1.82, 2.24) is 0 Å². The van der Waals surface area contributed by atoms with Gasteiger partial charge >= 0.3 is 0 Å². The highest BCUT2D eigenvalue weighted by molar-refractivity contribution is 6.18. The second-order valence-corrected chi connectivity index (χ2v) is 15.2. The van der Waals surface area contributed by atoms with Gasteiger partial charge < -0.3 is 25.1 Å². The van der Waals surface area contributed by atoms with Crippen LogP contribution in [0.3, 0.4) is 0 Å². The summed E-state index contributed by atoms with van der Waals surface area (Å²) < 4.78 is 20.9. The zero-order chi connectivity index (χ0) is 34.3. The number of ketones is 2. The van der Waals surface area contributed by atoms with Crippen LogP contribution in [0.5, 0.6) is 17.2 Å². The molecule has 8 heteroatoms. The molecule has 3 heterocycles. The molecule has 7 rings (SSSR count). The Morgan fingerprint density at radius 3 is 2.36 bits per heavy atom. The molecular formula is C39H47NO7. The van der Waals surface area contributed by atoms with Gasteiger partial charge in [0, 0.05) is 35.0 Å². The van der Waals surface area contributed by atoms with E-state index in [1.807, 2.05) is 52.8 Å². The predicted octanol–water partition coefficient (Wildman–Crippen LogP) is 7.03. The molecule has 0 radical (unpaired) electrons. The first-order valence-corrected chi connectivity index (χ1v) is 16.7. The fraction of sp³-hybridized carbons (Fsp3) is 0.513. The number of nitrogens with two attached hydrogens (primary N) is 1. The number of primary amides is 1. The van der Waals surface area contributed by atoms with Crippen LogP contribution in [-0.4, -0.2) is 45.0 Å². The summed E-state index contributed by atoms with van der Waals surface area (Å²) in [6, 6.07) is 0. The third kappa shape index (κ3) is 4.85. The Morgan fingerprint density at radius 2 is 1.70 bits per heavy atom. The number of hydrogen-bond donors (Lipinski definition) is 2. The zero-order valence-electron chi connectivity index (χ0n) is 28.8. The Hall–Kier alpha value is -3.91. The van der Waals surface area contributed by atoms with Crippen molar-refractivity contribution in [3.8, 4) is 17.2 Å². The molecule has 1 amide bonds. The molecule has 1 spiro atoms. The van der Waals surface area contributed by atoms with Crippen molar-refractivity contribution in [2.75, 3.05) is 0 Å². The highest BCUT2D eigenvalue weighted by Gasteiger charge is 2.79. The second kappa shape index (κ2) is 11.1. The van der Waals surface area contributed by atoms with Crippen LogP contribution in [-0.2, 0) is 20.7 Å². The lowest BCUT2D eigenvalue weighted by Crippen LogP contribution is -2.67. The lowest BCUT2D eigenvalue weighted by molar-refractivity contribution is -0.169. The van der Waals surface area contributed by atoms with E-state index in [0.717, 1.165) is 12.0 Å². The van der Waals surface area contributed by atoms with Crippen LogP contribution in [0.4, 0.5) is 0 Å². The molecule has 1 aromatic carbocycles. The summed E-state index contributed by atoms with van der Waals surface area (Å²) in [5.41, 5.74) is 5.09. The van der Waals surface area contributed by atoms with Gasteiger partial charge in [0.2, 0.25) is 5.91 Å². The molecule has 250 valence electrons. The summed E-state index contributed by atoms with van der Waals surface area (Å²) in [6.07, 6.45) is 14.5. The third-order valence-electron chi connectivity index (χ3n) is 10.8. The zero-order valence-corrected chi connectivity index (χ0v) is 28.8. The molecule has 2 fully saturated rings. The predicted molar refractivity (Wildman–Crippen MR) is 180 cm³/mol.